The molecule has 0 bridgehead atoms. The minimum Gasteiger partial charge on any atom is -0.480 e. The van der Waals surface area contributed by atoms with Gasteiger partial charge in [0.25, 0.3) is 0 Å². The molecule has 9 heavy (non-hydrogen) atoms. The second kappa shape index (κ2) is 4.14. The summed E-state index contributed by atoms with van der Waals surface area (Å²) in [6.45, 7) is 3.24. The molecule has 0 aromatic carbocycles. The summed E-state index contributed by atoms with van der Waals surface area (Å²) in [7, 11) is 0. The van der Waals surface area contributed by atoms with E-state index in [0.29, 0.717) is 17.4 Å². The Morgan fingerprint density at radius 2 is 2.33 bits per heavy atom. The van der Waals surface area contributed by atoms with Crippen LogP contribution in [0.3, 0.4) is 0 Å². The fourth-order valence-electron chi connectivity index (χ4n) is 0.274. The lowest BCUT2D eigenvalue weighted by Gasteiger charge is -1.97. The number of thioether (sulfide) groups is 1. The Bertz CT molecular complexity index is 132. The minimum absolute atomic E-state index is 0.487. The minimum atomic E-state index is -1.04. The third kappa shape index (κ3) is 2.92. The number of hydrogen-bond acceptors (Lipinski definition) is 3. The molecule has 0 amide bonds. The molecule has 1 atom stereocenters. The molecule has 0 heterocycles. The Hall–Kier alpha value is -0.770. The van der Waals surface area contributed by atoms with Crippen molar-refractivity contribution in [3.05, 3.63) is 12.7 Å². The lowest BCUT2D eigenvalue weighted by molar-refractivity contribution is -0.135. The Labute approximate surface area is 56.7 Å². The molecule has 0 saturated heterocycles. The zero-order valence-corrected chi connectivity index (χ0v) is 5.43. The molecule has 0 spiro atoms. The van der Waals surface area contributed by atoms with E-state index in [9.17, 15) is 9.59 Å². The van der Waals surface area contributed by atoms with Crippen LogP contribution in [0.15, 0.2) is 12.7 Å². The summed E-state index contributed by atoms with van der Waals surface area (Å²) in [4.78, 5) is 19.8. The van der Waals surface area contributed by atoms with Crippen LogP contribution in [0.4, 0.5) is 0 Å². The van der Waals surface area contributed by atoms with Gasteiger partial charge in [-0.15, -0.1) is 6.58 Å². The smallest absolute Gasteiger partial charge is 0.321 e. The van der Waals surface area contributed by atoms with Crippen molar-refractivity contribution in [3.63, 3.8) is 0 Å². The van der Waals surface area contributed by atoms with Gasteiger partial charge in [0.05, 0.1) is 0 Å². The summed E-state index contributed by atoms with van der Waals surface area (Å²) in [5.74, 6) is -1.04. The molecule has 0 aliphatic heterocycles. The van der Waals surface area contributed by atoms with Crippen LogP contribution >= 0.6 is 11.8 Å². The predicted molar refractivity (Wildman–Crippen MR) is 36.0 cm³/mol. The van der Waals surface area contributed by atoms with E-state index in [0.717, 1.165) is 0 Å². The van der Waals surface area contributed by atoms with Crippen molar-refractivity contribution >= 4 is 23.3 Å². The van der Waals surface area contributed by atoms with Crippen LogP contribution in [-0.2, 0) is 9.59 Å². The molecule has 50 valence electrons. The molecule has 0 saturated carbocycles. The van der Waals surface area contributed by atoms with E-state index in [-0.39, 0.29) is 0 Å². The van der Waals surface area contributed by atoms with Crippen molar-refractivity contribution in [1.82, 2.24) is 0 Å². The molecule has 0 radical (unpaired) electrons. The van der Waals surface area contributed by atoms with Gasteiger partial charge in [-0.05, 0) is 0 Å². The number of aliphatic carboxylic acids is 1. The van der Waals surface area contributed by atoms with Crippen molar-refractivity contribution in [3.8, 4) is 0 Å². The third-order valence-electron chi connectivity index (χ3n) is 0.660. The normalized spacial score (nSPS) is 12.0. The van der Waals surface area contributed by atoms with E-state index in [1.54, 1.807) is 0 Å². The van der Waals surface area contributed by atoms with E-state index in [4.69, 9.17) is 5.11 Å². The van der Waals surface area contributed by atoms with Gasteiger partial charge in [0.15, 0.2) is 5.62 Å². The van der Waals surface area contributed by atoms with E-state index in [1.165, 1.54) is 6.08 Å². The first-order valence-electron chi connectivity index (χ1n) is 2.17. The summed E-state index contributed by atoms with van der Waals surface area (Å²) < 4.78 is 0. The average Bonchev–Trinajstić information content (AvgIpc) is 1.82. The molecule has 3 nitrogen and oxygen atoms in total. The topological polar surface area (TPSA) is 54.4 Å². The number of carboxylic acids is 1. The van der Waals surface area contributed by atoms with E-state index >= 15 is 0 Å². The quantitative estimate of drug-likeness (QED) is 0.465. The van der Waals surface area contributed by atoms with Gasteiger partial charge in [0.2, 0.25) is 0 Å². The molecule has 4 heteroatoms. The van der Waals surface area contributed by atoms with Gasteiger partial charge in [-0.2, -0.15) is 0 Å². The standard InChI is InChI=1S/C5H6O3S/c1-2-4(5(7)8)9-3-6/h2-4H,1H2,(H,7,8). The largest absolute Gasteiger partial charge is 0.480 e. The maximum absolute atomic E-state index is 10.1. The van der Waals surface area contributed by atoms with Crippen LogP contribution in [0.5, 0.6) is 0 Å². The van der Waals surface area contributed by atoms with Gasteiger partial charge >= 0.3 is 5.97 Å². The molecule has 0 fully saturated rings. The highest BCUT2D eigenvalue weighted by molar-refractivity contribution is 8.13. The Morgan fingerprint density at radius 3 is 2.44 bits per heavy atom. The van der Waals surface area contributed by atoms with Crippen LogP contribution in [0.25, 0.3) is 0 Å². The monoisotopic (exact) mass is 146 g/mol. The molecule has 0 aromatic rings. The van der Waals surface area contributed by atoms with Crippen molar-refractivity contribution < 1.29 is 14.7 Å². The lowest BCUT2D eigenvalue weighted by atomic mass is 10.4. The number of carbonyl (C=O) groups excluding carboxylic acids is 1. The van der Waals surface area contributed by atoms with Crippen molar-refractivity contribution in [2.45, 2.75) is 5.25 Å². The maximum atomic E-state index is 10.1. The maximum Gasteiger partial charge on any atom is 0.321 e. The Morgan fingerprint density at radius 1 is 1.78 bits per heavy atom. The summed E-state index contributed by atoms with van der Waals surface area (Å²) in [5, 5.41) is 7.45. The van der Waals surface area contributed by atoms with Gasteiger partial charge in [-0.3, -0.25) is 9.59 Å². The van der Waals surface area contributed by atoms with Gasteiger partial charge in [-0.1, -0.05) is 17.8 Å². The van der Waals surface area contributed by atoms with Crippen LogP contribution in [0.2, 0.25) is 0 Å². The average molecular weight is 146 g/mol. The molecular formula is C5H6O3S. The van der Waals surface area contributed by atoms with E-state index in [1.807, 2.05) is 0 Å². The van der Waals surface area contributed by atoms with Crippen LogP contribution in [0, 0.1) is 0 Å². The van der Waals surface area contributed by atoms with Gasteiger partial charge in [-0.25, -0.2) is 0 Å². The number of carbonyl (C=O) groups is 2. The summed E-state index contributed by atoms with van der Waals surface area (Å²) in [6.07, 6.45) is 1.21. The molecule has 1 unspecified atom stereocenters. The van der Waals surface area contributed by atoms with E-state index in [2.05, 4.69) is 6.58 Å². The van der Waals surface area contributed by atoms with E-state index < -0.39 is 11.2 Å². The zero-order valence-electron chi connectivity index (χ0n) is 4.61. The summed E-state index contributed by atoms with van der Waals surface area (Å²) in [6, 6.07) is 0. The van der Waals surface area contributed by atoms with Crippen molar-refractivity contribution in [2.75, 3.05) is 0 Å². The van der Waals surface area contributed by atoms with Crippen molar-refractivity contribution in [2.24, 2.45) is 0 Å². The molecule has 0 aromatic heterocycles. The van der Waals surface area contributed by atoms with Crippen molar-refractivity contribution in [1.29, 1.82) is 0 Å². The van der Waals surface area contributed by atoms with Gasteiger partial charge < -0.3 is 5.11 Å². The Balaban J connectivity index is 3.81. The zero-order chi connectivity index (χ0) is 7.28. The third-order valence-corrected chi connectivity index (χ3v) is 1.46. The molecular weight excluding hydrogens is 140 g/mol. The highest BCUT2D eigenvalue weighted by Gasteiger charge is 2.11. The van der Waals surface area contributed by atoms with Crippen LogP contribution in [-0.4, -0.2) is 21.9 Å². The highest BCUT2D eigenvalue weighted by Crippen LogP contribution is 2.06. The van der Waals surface area contributed by atoms with Crippen LogP contribution in [0.1, 0.15) is 0 Å². The predicted octanol–water partition coefficient (Wildman–Crippen LogP) is 0.549. The lowest BCUT2D eigenvalue weighted by Crippen LogP contribution is -2.12. The molecule has 1 N–H and O–H groups in total. The molecule has 0 rings (SSSR count). The fourth-order valence-corrected chi connectivity index (χ4v) is 0.622. The summed E-state index contributed by atoms with van der Waals surface area (Å²) >= 11 is 0.686. The summed E-state index contributed by atoms with van der Waals surface area (Å²) in [5.41, 5.74) is 0.487. The first kappa shape index (κ1) is 8.23. The highest BCUT2D eigenvalue weighted by atomic mass is 32.2. The molecule has 0 aliphatic rings. The van der Waals surface area contributed by atoms with Crippen LogP contribution < -0.4 is 0 Å². The first-order valence-corrected chi connectivity index (χ1v) is 3.11. The Kier molecular flexibility index (Phi) is 3.79. The van der Waals surface area contributed by atoms with Gasteiger partial charge in [0, 0.05) is 0 Å². The number of carboxylic acid groups (broad SMARTS) is 1. The number of rotatable bonds is 4. The van der Waals surface area contributed by atoms with Gasteiger partial charge in [0.1, 0.15) is 5.25 Å². The molecule has 0 aliphatic carbocycles. The second-order valence-corrected chi connectivity index (χ2v) is 2.20. The fraction of sp³-hybridized carbons (Fsp3) is 0.200. The SMILES string of the molecule is C=CC(SC=O)C(=O)O. The number of hydrogen-bond donors (Lipinski definition) is 1. The second-order valence-electron chi connectivity index (χ2n) is 1.23. The first-order chi connectivity index (χ1) is 4.22.